The fourth-order valence-electron chi connectivity index (χ4n) is 1.46. The molecule has 6 heteroatoms. The van der Waals surface area contributed by atoms with Crippen LogP contribution in [0, 0.1) is 11.3 Å². The van der Waals surface area contributed by atoms with Crippen LogP contribution in [-0.2, 0) is 16.0 Å². The zero-order valence-electron chi connectivity index (χ0n) is 9.61. The van der Waals surface area contributed by atoms with E-state index in [9.17, 15) is 18.7 Å². The Morgan fingerprint density at radius 2 is 2.22 bits per heavy atom. The molecule has 4 nitrogen and oxygen atoms in total. The molecule has 1 rings (SSSR count). The molecule has 1 N–H and O–H groups in total. The highest BCUT2D eigenvalue weighted by Gasteiger charge is 2.20. The predicted octanol–water partition coefficient (Wildman–Crippen LogP) is 2.31. The summed E-state index contributed by atoms with van der Waals surface area (Å²) in [6.45, 7) is 1.81. The maximum Gasteiger partial charge on any atom is 0.310 e. The van der Waals surface area contributed by atoms with Crippen LogP contribution >= 0.6 is 0 Å². The number of carbonyl (C=O) groups excluding carboxylic acids is 1. The smallest absolute Gasteiger partial charge is 0.310 e. The van der Waals surface area contributed by atoms with Gasteiger partial charge in [-0.2, -0.15) is 5.26 Å². The van der Waals surface area contributed by atoms with Crippen molar-refractivity contribution in [3.8, 4) is 11.8 Å². The normalized spacial score (nSPS) is 10.2. The lowest BCUT2D eigenvalue weighted by molar-refractivity contribution is -0.142. The van der Waals surface area contributed by atoms with Crippen molar-refractivity contribution in [1.29, 1.82) is 5.26 Å². The number of carbonyl (C=O) groups is 1. The standard InChI is InChI=1S/C12H11F2NO3/c1-2-18-10(16)5-7-3-4-8(12(13)14)11(17)9(7)6-15/h3-4,12,17H,2,5H2,1H3. The van der Waals surface area contributed by atoms with E-state index in [0.717, 1.165) is 6.07 Å². The number of ether oxygens (including phenoxy) is 1. The summed E-state index contributed by atoms with van der Waals surface area (Å²) in [6.07, 6.45) is -3.12. The second kappa shape index (κ2) is 5.96. The number of hydrogen-bond donors (Lipinski definition) is 1. The Bertz CT molecular complexity index is 495. The highest BCUT2D eigenvalue weighted by atomic mass is 19.3. The van der Waals surface area contributed by atoms with E-state index >= 15 is 0 Å². The van der Waals surface area contributed by atoms with Crippen LogP contribution in [0.4, 0.5) is 8.78 Å². The summed E-state index contributed by atoms with van der Waals surface area (Å²) < 4.78 is 29.7. The molecule has 1 aromatic carbocycles. The van der Waals surface area contributed by atoms with E-state index in [-0.39, 0.29) is 24.2 Å². The molecule has 0 atom stereocenters. The summed E-state index contributed by atoms with van der Waals surface area (Å²) in [5.41, 5.74) is -0.780. The Labute approximate surface area is 102 Å². The van der Waals surface area contributed by atoms with Crippen LogP contribution in [0.15, 0.2) is 12.1 Å². The van der Waals surface area contributed by atoms with Gasteiger partial charge < -0.3 is 9.84 Å². The minimum Gasteiger partial charge on any atom is -0.506 e. The van der Waals surface area contributed by atoms with Gasteiger partial charge in [0.1, 0.15) is 11.8 Å². The lowest BCUT2D eigenvalue weighted by Crippen LogP contribution is -2.09. The van der Waals surface area contributed by atoms with Gasteiger partial charge in [0.05, 0.1) is 24.2 Å². The second-order valence-corrected chi connectivity index (χ2v) is 3.43. The second-order valence-electron chi connectivity index (χ2n) is 3.43. The van der Waals surface area contributed by atoms with Crippen LogP contribution in [0.2, 0.25) is 0 Å². The van der Waals surface area contributed by atoms with Gasteiger partial charge >= 0.3 is 5.97 Å². The van der Waals surface area contributed by atoms with Crippen molar-refractivity contribution in [2.45, 2.75) is 19.8 Å². The number of alkyl halides is 2. The highest BCUT2D eigenvalue weighted by molar-refractivity contribution is 5.74. The molecular formula is C12H11F2NO3. The average Bonchev–Trinajstić information content (AvgIpc) is 2.29. The molecule has 0 amide bonds. The van der Waals surface area contributed by atoms with Crippen LogP contribution in [0.25, 0.3) is 0 Å². The maximum atomic E-state index is 12.5. The number of rotatable bonds is 4. The third-order valence-corrected chi connectivity index (χ3v) is 2.28. The minimum absolute atomic E-state index is 0.165. The molecule has 0 spiro atoms. The molecule has 18 heavy (non-hydrogen) atoms. The van der Waals surface area contributed by atoms with Crippen molar-refractivity contribution in [1.82, 2.24) is 0 Å². The van der Waals surface area contributed by atoms with Crippen LogP contribution in [0.5, 0.6) is 5.75 Å². The number of hydrogen-bond acceptors (Lipinski definition) is 4. The first-order chi connectivity index (χ1) is 8.51. The summed E-state index contributed by atoms with van der Waals surface area (Å²) in [5, 5.41) is 18.4. The number of nitrogens with zero attached hydrogens (tertiary/aromatic N) is 1. The van der Waals surface area contributed by atoms with Gasteiger partial charge in [0.15, 0.2) is 0 Å². The lowest BCUT2D eigenvalue weighted by atomic mass is 10.0. The summed E-state index contributed by atoms with van der Waals surface area (Å²) in [7, 11) is 0. The van der Waals surface area contributed by atoms with Crippen LogP contribution < -0.4 is 0 Å². The molecule has 1 aromatic rings. The number of phenols is 1. The Morgan fingerprint density at radius 3 is 2.72 bits per heavy atom. The number of halogens is 2. The first kappa shape index (κ1) is 13.9. The monoisotopic (exact) mass is 255 g/mol. The van der Waals surface area contributed by atoms with E-state index in [1.54, 1.807) is 13.0 Å². The van der Waals surface area contributed by atoms with E-state index in [1.165, 1.54) is 6.07 Å². The van der Waals surface area contributed by atoms with Gasteiger partial charge in [-0.05, 0) is 18.6 Å². The Morgan fingerprint density at radius 1 is 1.56 bits per heavy atom. The van der Waals surface area contributed by atoms with Crippen molar-refractivity contribution in [2.75, 3.05) is 6.61 Å². The first-order valence-corrected chi connectivity index (χ1v) is 5.19. The zero-order valence-corrected chi connectivity index (χ0v) is 9.61. The molecular weight excluding hydrogens is 244 g/mol. The van der Waals surface area contributed by atoms with E-state index < -0.39 is 23.7 Å². The van der Waals surface area contributed by atoms with Crippen LogP contribution in [-0.4, -0.2) is 17.7 Å². The molecule has 0 heterocycles. The summed E-state index contributed by atoms with van der Waals surface area (Å²) in [5.74, 6) is -1.37. The quantitative estimate of drug-likeness (QED) is 0.838. The molecule has 0 aliphatic heterocycles. The SMILES string of the molecule is CCOC(=O)Cc1ccc(C(F)F)c(O)c1C#N. The zero-order chi connectivity index (χ0) is 13.7. The third kappa shape index (κ3) is 2.94. The molecule has 0 saturated carbocycles. The Kier molecular flexibility index (Phi) is 4.60. The average molecular weight is 255 g/mol. The Hall–Kier alpha value is -2.16. The lowest BCUT2D eigenvalue weighted by Gasteiger charge is -2.09. The predicted molar refractivity (Wildman–Crippen MR) is 58.1 cm³/mol. The fraction of sp³-hybridized carbons (Fsp3) is 0.333. The summed E-state index contributed by atoms with van der Waals surface area (Å²) in [4.78, 5) is 11.2. The van der Waals surface area contributed by atoms with Crippen molar-refractivity contribution >= 4 is 5.97 Å². The Balaban J connectivity index is 3.12. The topological polar surface area (TPSA) is 70.3 Å². The molecule has 0 unspecified atom stereocenters. The molecule has 0 aliphatic rings. The van der Waals surface area contributed by atoms with E-state index in [0.29, 0.717) is 0 Å². The van der Waals surface area contributed by atoms with E-state index in [1.807, 2.05) is 0 Å². The van der Waals surface area contributed by atoms with Gasteiger partial charge in [0.2, 0.25) is 0 Å². The third-order valence-electron chi connectivity index (χ3n) is 2.28. The number of nitriles is 1. The van der Waals surface area contributed by atoms with Gasteiger partial charge in [-0.1, -0.05) is 6.07 Å². The molecule has 0 aliphatic carbocycles. The number of phenolic OH excluding ortho intramolecular Hbond substituents is 1. The minimum atomic E-state index is -2.88. The van der Waals surface area contributed by atoms with Crippen molar-refractivity contribution in [2.24, 2.45) is 0 Å². The van der Waals surface area contributed by atoms with Crippen molar-refractivity contribution < 1.29 is 23.4 Å². The number of aromatic hydroxyl groups is 1. The van der Waals surface area contributed by atoms with Crippen molar-refractivity contribution in [3.63, 3.8) is 0 Å². The van der Waals surface area contributed by atoms with Crippen molar-refractivity contribution in [3.05, 3.63) is 28.8 Å². The van der Waals surface area contributed by atoms with Crippen LogP contribution in [0.3, 0.4) is 0 Å². The van der Waals surface area contributed by atoms with E-state index in [4.69, 9.17) is 5.26 Å². The van der Waals surface area contributed by atoms with Crippen LogP contribution in [0.1, 0.15) is 30.0 Å². The largest absolute Gasteiger partial charge is 0.506 e. The molecule has 0 aromatic heterocycles. The molecule has 96 valence electrons. The van der Waals surface area contributed by atoms with E-state index in [2.05, 4.69) is 4.74 Å². The highest BCUT2D eigenvalue weighted by Crippen LogP contribution is 2.32. The molecule has 0 radical (unpaired) electrons. The van der Waals surface area contributed by atoms with Gasteiger partial charge in [-0.3, -0.25) is 4.79 Å². The summed E-state index contributed by atoms with van der Waals surface area (Å²) in [6, 6.07) is 3.83. The van der Waals surface area contributed by atoms with Gasteiger partial charge in [0.25, 0.3) is 6.43 Å². The maximum absolute atomic E-state index is 12.5. The molecule has 0 fully saturated rings. The fourth-order valence-corrected chi connectivity index (χ4v) is 1.46. The molecule has 0 bridgehead atoms. The van der Waals surface area contributed by atoms with Gasteiger partial charge in [0, 0.05) is 0 Å². The number of benzene rings is 1. The number of esters is 1. The first-order valence-electron chi connectivity index (χ1n) is 5.19. The molecule has 0 saturated heterocycles. The van der Waals surface area contributed by atoms with Gasteiger partial charge in [-0.25, -0.2) is 8.78 Å². The van der Waals surface area contributed by atoms with Gasteiger partial charge in [-0.15, -0.1) is 0 Å². The summed E-state index contributed by atoms with van der Waals surface area (Å²) >= 11 is 0.